The van der Waals surface area contributed by atoms with E-state index in [0.717, 1.165) is 6.54 Å². The Bertz CT molecular complexity index is 454. The number of hydrogen-bond donors (Lipinski definition) is 4. The number of rotatable bonds is 3. The molecule has 0 bridgehead atoms. The van der Waals surface area contributed by atoms with Crippen molar-refractivity contribution in [3.63, 3.8) is 0 Å². The average Bonchev–Trinajstić information content (AvgIpc) is 2.77. The summed E-state index contributed by atoms with van der Waals surface area (Å²) in [5.74, 6) is -0.174. The summed E-state index contributed by atoms with van der Waals surface area (Å²) in [4.78, 5) is 12.0. The van der Waals surface area contributed by atoms with Crippen LogP contribution in [0.1, 0.15) is 22.3 Å². The topological polar surface area (TPSA) is 81.6 Å². The molecule has 2 rings (SSSR count). The highest BCUT2D eigenvalue weighted by Crippen LogP contribution is 2.19. The molecule has 1 aromatic carbocycles. The first-order valence-corrected chi connectivity index (χ1v) is 6.02. The molecule has 1 fully saturated rings. The van der Waals surface area contributed by atoms with Gasteiger partial charge in [0.15, 0.2) is 0 Å². The number of phenols is 1. The molecule has 0 spiro atoms. The lowest BCUT2D eigenvalue weighted by atomic mass is 10.0. The third-order valence-electron chi connectivity index (χ3n) is 3.35. The number of amides is 1. The summed E-state index contributed by atoms with van der Waals surface area (Å²) in [5.41, 5.74) is 0.122. The Hall–Kier alpha value is -1.59. The van der Waals surface area contributed by atoms with Crippen molar-refractivity contribution in [2.75, 3.05) is 19.6 Å². The van der Waals surface area contributed by atoms with Gasteiger partial charge in [0, 0.05) is 24.2 Å². The molecule has 0 aliphatic carbocycles. The van der Waals surface area contributed by atoms with Gasteiger partial charge in [-0.2, -0.15) is 0 Å². The second-order valence-electron chi connectivity index (χ2n) is 4.78. The van der Waals surface area contributed by atoms with Gasteiger partial charge in [-0.1, -0.05) is 6.07 Å². The Morgan fingerprint density at radius 3 is 3.00 bits per heavy atom. The quantitative estimate of drug-likeness (QED) is 0.616. The minimum absolute atomic E-state index is 0.101. The van der Waals surface area contributed by atoms with E-state index in [4.69, 9.17) is 0 Å². The minimum Gasteiger partial charge on any atom is -0.508 e. The van der Waals surface area contributed by atoms with Crippen molar-refractivity contribution in [1.29, 1.82) is 0 Å². The number of carbonyl (C=O) groups is 1. The van der Waals surface area contributed by atoms with Crippen molar-refractivity contribution >= 4 is 5.91 Å². The molecule has 1 aromatic rings. The molecule has 1 aliphatic heterocycles. The molecule has 98 valence electrons. The van der Waals surface area contributed by atoms with E-state index in [0.29, 0.717) is 24.1 Å². The molecule has 5 heteroatoms. The van der Waals surface area contributed by atoms with Crippen LogP contribution in [0.4, 0.5) is 0 Å². The van der Waals surface area contributed by atoms with Crippen molar-refractivity contribution in [3.05, 3.63) is 29.3 Å². The van der Waals surface area contributed by atoms with Crippen molar-refractivity contribution in [3.8, 4) is 5.75 Å². The summed E-state index contributed by atoms with van der Waals surface area (Å²) in [6.07, 6.45) is 0.631. The SMILES string of the molecule is Cc1c(O)cccc1C(=O)NCC1(O)CCNC1. The molecule has 0 radical (unpaired) electrons. The van der Waals surface area contributed by atoms with E-state index < -0.39 is 5.60 Å². The lowest BCUT2D eigenvalue weighted by molar-refractivity contribution is 0.0561. The van der Waals surface area contributed by atoms with Crippen LogP contribution >= 0.6 is 0 Å². The van der Waals surface area contributed by atoms with E-state index in [2.05, 4.69) is 10.6 Å². The lowest BCUT2D eigenvalue weighted by Gasteiger charge is -2.21. The summed E-state index contributed by atoms with van der Waals surface area (Å²) >= 11 is 0. The summed E-state index contributed by atoms with van der Waals surface area (Å²) < 4.78 is 0. The number of phenolic OH excluding ortho intramolecular Hbond substituents is 1. The summed E-state index contributed by atoms with van der Waals surface area (Å²) in [6, 6.07) is 4.82. The van der Waals surface area contributed by atoms with Crippen molar-refractivity contribution < 1.29 is 15.0 Å². The van der Waals surface area contributed by atoms with Gasteiger partial charge < -0.3 is 20.8 Å². The Morgan fingerprint density at radius 1 is 1.56 bits per heavy atom. The number of nitrogens with one attached hydrogen (secondary N) is 2. The van der Waals surface area contributed by atoms with E-state index >= 15 is 0 Å². The maximum absolute atomic E-state index is 12.0. The van der Waals surface area contributed by atoms with E-state index in [1.165, 1.54) is 0 Å². The van der Waals surface area contributed by atoms with E-state index in [-0.39, 0.29) is 18.2 Å². The number of hydrogen-bond acceptors (Lipinski definition) is 4. The van der Waals surface area contributed by atoms with Crippen LogP contribution in [0, 0.1) is 6.92 Å². The van der Waals surface area contributed by atoms with E-state index in [1.54, 1.807) is 25.1 Å². The zero-order valence-electron chi connectivity index (χ0n) is 10.4. The van der Waals surface area contributed by atoms with Gasteiger partial charge in [-0.3, -0.25) is 4.79 Å². The predicted molar refractivity (Wildman–Crippen MR) is 67.6 cm³/mol. The fourth-order valence-electron chi connectivity index (χ4n) is 2.09. The molecule has 1 heterocycles. The third-order valence-corrected chi connectivity index (χ3v) is 3.35. The van der Waals surface area contributed by atoms with Gasteiger partial charge in [0.05, 0.1) is 5.60 Å². The monoisotopic (exact) mass is 250 g/mol. The molecule has 1 unspecified atom stereocenters. The van der Waals surface area contributed by atoms with Crippen LogP contribution in [0.3, 0.4) is 0 Å². The highest BCUT2D eigenvalue weighted by Gasteiger charge is 2.31. The summed E-state index contributed by atoms with van der Waals surface area (Å²) in [7, 11) is 0. The number of benzene rings is 1. The first-order chi connectivity index (χ1) is 8.52. The fraction of sp³-hybridized carbons (Fsp3) is 0.462. The molecular weight excluding hydrogens is 232 g/mol. The predicted octanol–water partition coefficient (Wildman–Crippen LogP) is 0.155. The molecule has 1 atom stereocenters. The van der Waals surface area contributed by atoms with Gasteiger partial charge in [0.25, 0.3) is 5.91 Å². The number of β-amino-alcohol motifs (C(OH)–C–C–N with tert-alkyl or cyclic N) is 1. The number of aliphatic hydroxyl groups is 1. The fourth-order valence-corrected chi connectivity index (χ4v) is 2.09. The van der Waals surface area contributed by atoms with Gasteiger partial charge in [-0.25, -0.2) is 0 Å². The molecule has 1 saturated heterocycles. The average molecular weight is 250 g/mol. The standard InChI is InChI=1S/C13H18N2O3/c1-9-10(3-2-4-11(9)16)12(17)15-8-13(18)5-6-14-7-13/h2-4,14,16,18H,5-8H2,1H3,(H,15,17). The van der Waals surface area contributed by atoms with E-state index in [9.17, 15) is 15.0 Å². The van der Waals surface area contributed by atoms with Crippen LogP contribution < -0.4 is 10.6 Å². The molecule has 18 heavy (non-hydrogen) atoms. The number of carbonyl (C=O) groups excluding carboxylic acids is 1. The van der Waals surface area contributed by atoms with Crippen LogP contribution in [0.5, 0.6) is 5.75 Å². The molecule has 0 aromatic heterocycles. The Balaban J connectivity index is 2.01. The van der Waals surface area contributed by atoms with Crippen LogP contribution in [-0.4, -0.2) is 41.4 Å². The molecule has 4 N–H and O–H groups in total. The van der Waals surface area contributed by atoms with Crippen molar-refractivity contribution in [2.45, 2.75) is 18.9 Å². The largest absolute Gasteiger partial charge is 0.508 e. The Morgan fingerprint density at radius 2 is 2.33 bits per heavy atom. The van der Waals surface area contributed by atoms with Crippen molar-refractivity contribution in [1.82, 2.24) is 10.6 Å². The van der Waals surface area contributed by atoms with Gasteiger partial charge >= 0.3 is 0 Å². The third kappa shape index (κ3) is 2.63. The smallest absolute Gasteiger partial charge is 0.251 e. The maximum Gasteiger partial charge on any atom is 0.251 e. The second kappa shape index (κ2) is 4.96. The van der Waals surface area contributed by atoms with Crippen LogP contribution in [0.15, 0.2) is 18.2 Å². The zero-order valence-corrected chi connectivity index (χ0v) is 10.4. The van der Waals surface area contributed by atoms with Gasteiger partial charge in [0.2, 0.25) is 0 Å². The number of aromatic hydroxyl groups is 1. The summed E-state index contributed by atoms with van der Waals surface area (Å²) in [5, 5.41) is 25.4. The molecule has 1 aliphatic rings. The molecular formula is C13H18N2O3. The first kappa shape index (κ1) is 12.9. The minimum atomic E-state index is -0.861. The van der Waals surface area contributed by atoms with Gasteiger partial charge in [-0.05, 0) is 32.0 Å². The highest BCUT2D eigenvalue weighted by molar-refractivity contribution is 5.96. The van der Waals surface area contributed by atoms with Crippen molar-refractivity contribution in [2.24, 2.45) is 0 Å². The Kier molecular flexibility index (Phi) is 3.54. The van der Waals surface area contributed by atoms with Gasteiger partial charge in [-0.15, -0.1) is 0 Å². The van der Waals surface area contributed by atoms with Crippen LogP contribution in [0.25, 0.3) is 0 Å². The molecule has 5 nitrogen and oxygen atoms in total. The van der Waals surface area contributed by atoms with Gasteiger partial charge in [0.1, 0.15) is 5.75 Å². The highest BCUT2D eigenvalue weighted by atomic mass is 16.3. The molecule has 1 amide bonds. The van der Waals surface area contributed by atoms with E-state index in [1.807, 2.05) is 0 Å². The summed E-state index contributed by atoms with van der Waals surface area (Å²) in [6.45, 7) is 3.16. The Labute approximate surface area is 106 Å². The second-order valence-corrected chi connectivity index (χ2v) is 4.78. The first-order valence-electron chi connectivity index (χ1n) is 6.02. The lowest BCUT2D eigenvalue weighted by Crippen LogP contribution is -2.44. The maximum atomic E-state index is 12.0. The molecule has 0 saturated carbocycles. The van der Waals surface area contributed by atoms with Crippen LogP contribution in [-0.2, 0) is 0 Å². The zero-order chi connectivity index (χ0) is 13.2. The van der Waals surface area contributed by atoms with Crippen LogP contribution in [0.2, 0.25) is 0 Å². The normalized spacial score (nSPS) is 23.0.